The Morgan fingerprint density at radius 3 is 2.55 bits per heavy atom. The predicted octanol–water partition coefficient (Wildman–Crippen LogP) is 2.40. The maximum atomic E-state index is 12.6. The van der Waals surface area contributed by atoms with Crippen molar-refractivity contribution in [2.45, 2.75) is 18.2 Å². The number of carbonyl (C=O) groups excluding carboxylic acids is 1. The van der Waals surface area contributed by atoms with Gasteiger partial charge in [0.25, 0.3) is 0 Å². The summed E-state index contributed by atoms with van der Waals surface area (Å²) in [5, 5.41) is 5.86. The zero-order valence-electron chi connectivity index (χ0n) is 16.1. The molecule has 2 aromatic carbocycles. The van der Waals surface area contributed by atoms with Gasteiger partial charge in [0.15, 0.2) is 0 Å². The predicted molar refractivity (Wildman–Crippen MR) is 108 cm³/mol. The van der Waals surface area contributed by atoms with Gasteiger partial charge < -0.3 is 14.1 Å². The summed E-state index contributed by atoms with van der Waals surface area (Å²) in [5.74, 6) is 0.257. The highest BCUT2D eigenvalue weighted by molar-refractivity contribution is 7.89. The molecule has 152 valence electrons. The highest BCUT2D eigenvalue weighted by atomic mass is 32.2. The average Bonchev–Trinajstić information content (AvgIpc) is 2.64. The fourth-order valence-corrected chi connectivity index (χ4v) is 3.45. The minimum atomic E-state index is -3.84. The lowest BCUT2D eigenvalue weighted by molar-refractivity contribution is 0.172. The van der Waals surface area contributed by atoms with E-state index >= 15 is 0 Å². The van der Waals surface area contributed by atoms with Gasteiger partial charge in [0.05, 0.1) is 4.90 Å². The largest absolute Gasteiger partial charge is 0.422 e. The first-order chi connectivity index (χ1) is 13.6. The first-order valence-electron chi connectivity index (χ1n) is 8.63. The van der Waals surface area contributed by atoms with Gasteiger partial charge in [-0.15, -0.1) is 0 Å². The summed E-state index contributed by atoms with van der Waals surface area (Å²) < 4.78 is 33.7. The number of hydrogen-bond donors (Lipinski definition) is 1. The van der Waals surface area contributed by atoms with Crippen molar-refractivity contribution in [1.29, 1.82) is 0 Å². The number of carbonyl (C=O) groups is 1. The Morgan fingerprint density at radius 1 is 1.17 bits per heavy atom. The molecule has 0 aliphatic carbocycles. The summed E-state index contributed by atoms with van der Waals surface area (Å²) >= 11 is 0. The number of benzene rings is 2. The fourth-order valence-electron chi connectivity index (χ4n) is 2.87. The third-order valence-corrected chi connectivity index (χ3v) is 5.35. The van der Waals surface area contributed by atoms with E-state index in [-0.39, 0.29) is 17.1 Å². The zero-order valence-corrected chi connectivity index (χ0v) is 16.9. The Labute approximate surface area is 167 Å². The van der Waals surface area contributed by atoms with Crippen LogP contribution < -0.4 is 15.5 Å². The van der Waals surface area contributed by atoms with E-state index in [4.69, 9.17) is 14.3 Å². The zero-order chi connectivity index (χ0) is 21.3. The van der Waals surface area contributed by atoms with Crippen molar-refractivity contribution in [3.8, 4) is 5.75 Å². The number of aryl methyl sites for hydroxylation is 1. The Kier molecular flexibility index (Phi) is 5.45. The Morgan fingerprint density at radius 2 is 1.90 bits per heavy atom. The summed E-state index contributed by atoms with van der Waals surface area (Å²) in [6.45, 7) is 1.78. The summed E-state index contributed by atoms with van der Waals surface area (Å²) in [4.78, 5) is 25.5. The van der Waals surface area contributed by atoms with E-state index in [0.29, 0.717) is 27.7 Å². The molecule has 0 saturated heterocycles. The van der Waals surface area contributed by atoms with Crippen LogP contribution in [0, 0.1) is 6.92 Å². The summed E-state index contributed by atoms with van der Waals surface area (Å²) in [7, 11) is -0.719. The van der Waals surface area contributed by atoms with Crippen LogP contribution in [-0.4, -0.2) is 33.5 Å². The minimum Gasteiger partial charge on any atom is -0.422 e. The van der Waals surface area contributed by atoms with E-state index in [1.165, 1.54) is 23.1 Å². The fraction of sp³-hybridized carbons (Fsp3) is 0.200. The lowest BCUT2D eigenvalue weighted by atomic mass is 9.99. The molecule has 0 bridgehead atoms. The summed E-state index contributed by atoms with van der Waals surface area (Å²) in [6, 6.07) is 10.9. The number of hydrogen-bond acceptors (Lipinski definition) is 6. The molecular formula is C20H20N2O6S. The molecule has 0 radical (unpaired) electrons. The third kappa shape index (κ3) is 4.47. The van der Waals surface area contributed by atoms with E-state index in [1.54, 1.807) is 45.3 Å². The molecule has 1 amide bonds. The van der Waals surface area contributed by atoms with Gasteiger partial charge in [-0.2, -0.15) is 0 Å². The van der Waals surface area contributed by atoms with E-state index in [9.17, 15) is 18.0 Å². The molecule has 0 saturated carbocycles. The highest BCUT2D eigenvalue weighted by Crippen LogP contribution is 2.26. The highest BCUT2D eigenvalue weighted by Gasteiger charge is 2.15. The molecule has 0 fully saturated rings. The number of nitrogens with zero attached hydrogens (tertiary/aromatic N) is 1. The van der Waals surface area contributed by atoms with Crippen LogP contribution in [0.15, 0.2) is 56.6 Å². The van der Waals surface area contributed by atoms with Crippen molar-refractivity contribution in [3.63, 3.8) is 0 Å². The number of fused-ring (bicyclic) bond motifs is 1. The monoisotopic (exact) mass is 416 g/mol. The van der Waals surface area contributed by atoms with Gasteiger partial charge in [0.2, 0.25) is 10.0 Å². The molecule has 29 heavy (non-hydrogen) atoms. The van der Waals surface area contributed by atoms with Crippen LogP contribution in [-0.2, 0) is 16.4 Å². The number of amides is 1. The number of rotatable bonds is 4. The Hall–Kier alpha value is -3.17. The van der Waals surface area contributed by atoms with Crippen LogP contribution in [0.2, 0.25) is 0 Å². The molecule has 3 rings (SSSR count). The lowest BCUT2D eigenvalue weighted by Crippen LogP contribution is -2.25. The number of ether oxygens (including phenoxy) is 1. The van der Waals surface area contributed by atoms with E-state index < -0.39 is 21.7 Å². The lowest BCUT2D eigenvalue weighted by Gasteiger charge is -2.12. The number of nitrogens with two attached hydrogens (primary N) is 1. The molecule has 0 atom stereocenters. The van der Waals surface area contributed by atoms with Crippen LogP contribution in [0.5, 0.6) is 5.75 Å². The van der Waals surface area contributed by atoms with Crippen LogP contribution >= 0.6 is 0 Å². The van der Waals surface area contributed by atoms with Gasteiger partial charge in [0, 0.05) is 37.5 Å². The van der Waals surface area contributed by atoms with E-state index in [0.717, 1.165) is 0 Å². The van der Waals surface area contributed by atoms with Gasteiger partial charge in [-0.3, -0.25) is 0 Å². The minimum absolute atomic E-state index is 0.0230. The number of primary sulfonamides is 1. The van der Waals surface area contributed by atoms with E-state index in [1.807, 2.05) is 0 Å². The van der Waals surface area contributed by atoms with Crippen molar-refractivity contribution in [1.82, 2.24) is 4.90 Å². The van der Waals surface area contributed by atoms with Crippen molar-refractivity contribution in [3.05, 3.63) is 69.6 Å². The average molecular weight is 416 g/mol. The van der Waals surface area contributed by atoms with Crippen molar-refractivity contribution in [2.24, 2.45) is 5.14 Å². The molecule has 1 heterocycles. The molecule has 3 aromatic rings. The van der Waals surface area contributed by atoms with Gasteiger partial charge in [-0.25, -0.2) is 23.1 Å². The van der Waals surface area contributed by atoms with Gasteiger partial charge in [-0.1, -0.05) is 12.1 Å². The molecule has 9 heteroatoms. The Balaban J connectivity index is 2.00. The number of sulfonamides is 1. The second-order valence-corrected chi connectivity index (χ2v) is 8.34. The van der Waals surface area contributed by atoms with Gasteiger partial charge >= 0.3 is 11.7 Å². The normalized spacial score (nSPS) is 11.4. The molecule has 1 aromatic heterocycles. The smallest absolute Gasteiger partial charge is 0.414 e. The molecule has 0 unspecified atom stereocenters. The molecule has 0 spiro atoms. The van der Waals surface area contributed by atoms with Crippen LogP contribution in [0.4, 0.5) is 4.79 Å². The summed E-state index contributed by atoms with van der Waals surface area (Å²) in [5.41, 5.74) is 1.46. The van der Waals surface area contributed by atoms with Crippen LogP contribution in [0.1, 0.15) is 16.7 Å². The molecule has 0 aliphatic heterocycles. The van der Waals surface area contributed by atoms with Crippen molar-refractivity contribution >= 4 is 27.1 Å². The van der Waals surface area contributed by atoms with Gasteiger partial charge in [-0.05, 0) is 42.3 Å². The Bertz CT molecular complexity index is 1260. The van der Waals surface area contributed by atoms with Crippen molar-refractivity contribution in [2.75, 3.05) is 14.1 Å². The quantitative estimate of drug-likeness (QED) is 0.652. The SMILES string of the molecule is Cc1c(Cc2cccc(S(N)(=O)=O)c2)c(=O)oc2cc(OC(=O)N(C)C)ccc12. The molecule has 0 aliphatic rings. The second kappa shape index (κ2) is 7.69. The van der Waals surface area contributed by atoms with Crippen LogP contribution in [0.3, 0.4) is 0 Å². The first-order valence-corrected chi connectivity index (χ1v) is 10.2. The topological polar surface area (TPSA) is 120 Å². The molecule has 8 nitrogen and oxygen atoms in total. The maximum absolute atomic E-state index is 12.6. The van der Waals surface area contributed by atoms with E-state index in [2.05, 4.69) is 0 Å². The van der Waals surface area contributed by atoms with Crippen LogP contribution in [0.25, 0.3) is 11.0 Å². The second-order valence-electron chi connectivity index (χ2n) is 6.78. The molecule has 2 N–H and O–H groups in total. The third-order valence-electron chi connectivity index (χ3n) is 4.44. The standard InChI is InChI=1S/C20H20N2O6S/c1-12-16-8-7-14(27-20(24)22(2)3)11-18(16)28-19(23)17(12)10-13-5-4-6-15(9-13)29(21,25)26/h4-9,11H,10H2,1-3H3,(H2,21,25,26). The maximum Gasteiger partial charge on any atom is 0.414 e. The van der Waals surface area contributed by atoms with Gasteiger partial charge in [0.1, 0.15) is 11.3 Å². The van der Waals surface area contributed by atoms with Crippen molar-refractivity contribution < 1.29 is 22.4 Å². The molecular weight excluding hydrogens is 396 g/mol. The summed E-state index contributed by atoms with van der Waals surface area (Å²) in [6.07, 6.45) is -0.361. The first kappa shape index (κ1) is 20.6.